The Morgan fingerprint density at radius 1 is 1.50 bits per heavy atom. The minimum absolute atomic E-state index is 0.0661. The molecule has 5 nitrogen and oxygen atoms in total. The third-order valence-electron chi connectivity index (χ3n) is 2.81. The van der Waals surface area contributed by atoms with Crippen molar-refractivity contribution >= 4 is 33.8 Å². The molecule has 1 atom stereocenters. The second-order valence-corrected chi connectivity index (χ2v) is 6.65. The largest absolute Gasteiger partial charge is 0.464 e. The number of rotatable bonds is 5. The first-order chi connectivity index (χ1) is 9.55. The summed E-state index contributed by atoms with van der Waals surface area (Å²) in [5.41, 5.74) is 0.376. The van der Waals surface area contributed by atoms with Gasteiger partial charge in [0.2, 0.25) is 0 Å². The van der Waals surface area contributed by atoms with Crippen LogP contribution in [0.4, 0.5) is 5.13 Å². The lowest BCUT2D eigenvalue weighted by Gasteiger charge is -2.09. The van der Waals surface area contributed by atoms with Crippen LogP contribution in [0.3, 0.4) is 0 Å². The van der Waals surface area contributed by atoms with Crippen LogP contribution < -0.4 is 5.32 Å². The number of ether oxygens (including phenoxy) is 1. The highest BCUT2D eigenvalue weighted by Crippen LogP contribution is 2.28. The van der Waals surface area contributed by atoms with Crippen molar-refractivity contribution in [2.75, 3.05) is 12.4 Å². The lowest BCUT2D eigenvalue weighted by atomic mass is 10.3. The summed E-state index contributed by atoms with van der Waals surface area (Å²) in [5, 5.41) is 5.02. The highest BCUT2D eigenvalue weighted by molar-refractivity contribution is 7.15. The number of carbonyl (C=O) groups excluding carboxylic acids is 1. The van der Waals surface area contributed by atoms with Crippen LogP contribution in [-0.4, -0.2) is 23.0 Å². The van der Waals surface area contributed by atoms with Gasteiger partial charge in [0.1, 0.15) is 5.01 Å². The number of carbonyl (C=O) groups is 1. The van der Waals surface area contributed by atoms with Crippen molar-refractivity contribution < 1.29 is 9.53 Å². The zero-order valence-corrected chi connectivity index (χ0v) is 13.5. The maximum Gasteiger partial charge on any atom is 0.357 e. The van der Waals surface area contributed by atoms with E-state index in [2.05, 4.69) is 22.2 Å². The molecule has 2 aromatic heterocycles. The van der Waals surface area contributed by atoms with Gasteiger partial charge in [-0.1, -0.05) is 6.92 Å². The molecule has 0 spiro atoms. The molecule has 1 N–H and O–H groups in total. The monoisotopic (exact) mass is 311 g/mol. The quantitative estimate of drug-likeness (QED) is 0.857. The Hall–Kier alpha value is -1.47. The molecular weight excluding hydrogens is 294 g/mol. The topological polar surface area (TPSA) is 64.1 Å². The van der Waals surface area contributed by atoms with Crippen molar-refractivity contribution in [3.05, 3.63) is 26.7 Å². The molecule has 0 bridgehead atoms. The maximum atomic E-state index is 11.5. The van der Waals surface area contributed by atoms with Gasteiger partial charge in [0.25, 0.3) is 0 Å². The van der Waals surface area contributed by atoms with Gasteiger partial charge < -0.3 is 10.1 Å². The van der Waals surface area contributed by atoms with E-state index in [-0.39, 0.29) is 6.04 Å². The Morgan fingerprint density at radius 3 is 2.85 bits per heavy atom. The minimum Gasteiger partial charge on any atom is -0.464 e. The van der Waals surface area contributed by atoms with E-state index < -0.39 is 5.97 Å². The van der Waals surface area contributed by atoms with Crippen molar-refractivity contribution in [2.45, 2.75) is 33.2 Å². The van der Waals surface area contributed by atoms with E-state index in [1.807, 2.05) is 20.0 Å². The van der Waals surface area contributed by atoms with Crippen LogP contribution in [0.1, 0.15) is 45.1 Å². The van der Waals surface area contributed by atoms with Gasteiger partial charge in [0.05, 0.1) is 13.2 Å². The van der Waals surface area contributed by atoms with E-state index in [4.69, 9.17) is 4.74 Å². The molecule has 0 radical (unpaired) electrons. The number of hydrogen-bond acceptors (Lipinski definition) is 7. The Kier molecular flexibility index (Phi) is 4.72. The predicted molar refractivity (Wildman–Crippen MR) is 81.7 cm³/mol. The van der Waals surface area contributed by atoms with Crippen molar-refractivity contribution in [1.82, 2.24) is 9.97 Å². The summed E-state index contributed by atoms with van der Waals surface area (Å²) in [6, 6.07) is 0.0661. The Balaban J connectivity index is 2.11. The first-order valence-corrected chi connectivity index (χ1v) is 7.95. The van der Waals surface area contributed by atoms with Crippen LogP contribution in [0, 0.1) is 6.92 Å². The molecule has 2 aromatic rings. The van der Waals surface area contributed by atoms with Gasteiger partial charge >= 0.3 is 5.97 Å². The van der Waals surface area contributed by atoms with Gasteiger partial charge in [0, 0.05) is 16.0 Å². The third kappa shape index (κ3) is 3.16. The van der Waals surface area contributed by atoms with Crippen LogP contribution in [-0.2, 0) is 11.2 Å². The number of aryl methyl sites for hydroxylation is 2. The number of nitrogens with one attached hydrogen (secondary N) is 1. The first-order valence-electron chi connectivity index (χ1n) is 6.32. The Labute approximate surface area is 126 Å². The number of esters is 1. The summed E-state index contributed by atoms with van der Waals surface area (Å²) in [6.07, 6.45) is 2.90. The average Bonchev–Trinajstić information content (AvgIpc) is 3.04. The number of nitrogens with zero attached hydrogens (tertiary/aromatic N) is 2. The van der Waals surface area contributed by atoms with Gasteiger partial charge in [-0.25, -0.2) is 14.8 Å². The SMILES string of the molecule is CCc1cnc(C(C)Nc2nc(C(=O)OC)c(C)s2)s1. The molecule has 0 aliphatic heterocycles. The van der Waals surface area contributed by atoms with E-state index in [0.29, 0.717) is 10.8 Å². The Bertz CT molecular complexity index is 607. The summed E-state index contributed by atoms with van der Waals surface area (Å²) in [7, 11) is 1.36. The fourth-order valence-electron chi connectivity index (χ4n) is 1.68. The zero-order chi connectivity index (χ0) is 14.7. The second kappa shape index (κ2) is 6.32. The van der Waals surface area contributed by atoms with Crippen LogP contribution in [0.15, 0.2) is 6.20 Å². The molecule has 0 fully saturated rings. The van der Waals surface area contributed by atoms with Crippen LogP contribution in [0.5, 0.6) is 0 Å². The molecule has 1 unspecified atom stereocenters. The van der Waals surface area contributed by atoms with Crippen molar-refractivity contribution in [2.24, 2.45) is 0 Å². The van der Waals surface area contributed by atoms with E-state index in [9.17, 15) is 4.79 Å². The molecule has 0 aliphatic rings. The molecule has 0 amide bonds. The first kappa shape index (κ1) is 14.9. The third-order valence-corrected chi connectivity index (χ3v) is 5.03. The van der Waals surface area contributed by atoms with Gasteiger partial charge in [-0.05, 0) is 20.3 Å². The smallest absolute Gasteiger partial charge is 0.357 e. The van der Waals surface area contributed by atoms with Crippen LogP contribution in [0.25, 0.3) is 0 Å². The highest BCUT2D eigenvalue weighted by Gasteiger charge is 2.18. The molecule has 0 aliphatic carbocycles. The summed E-state index contributed by atoms with van der Waals surface area (Å²) in [4.78, 5) is 22.3. The van der Waals surface area contributed by atoms with E-state index in [1.165, 1.54) is 23.3 Å². The molecule has 2 rings (SSSR count). The van der Waals surface area contributed by atoms with Crippen molar-refractivity contribution in [3.8, 4) is 0 Å². The number of hydrogen-bond donors (Lipinski definition) is 1. The lowest BCUT2D eigenvalue weighted by molar-refractivity contribution is 0.0594. The van der Waals surface area contributed by atoms with E-state index in [0.717, 1.165) is 16.3 Å². The molecule has 20 heavy (non-hydrogen) atoms. The molecule has 2 heterocycles. The lowest BCUT2D eigenvalue weighted by Crippen LogP contribution is -2.07. The van der Waals surface area contributed by atoms with Crippen molar-refractivity contribution in [3.63, 3.8) is 0 Å². The van der Waals surface area contributed by atoms with Crippen molar-refractivity contribution in [1.29, 1.82) is 0 Å². The summed E-state index contributed by atoms with van der Waals surface area (Å²) in [5.74, 6) is -0.401. The van der Waals surface area contributed by atoms with Crippen LogP contribution >= 0.6 is 22.7 Å². The van der Waals surface area contributed by atoms with E-state index in [1.54, 1.807) is 11.3 Å². The molecule has 0 aromatic carbocycles. The van der Waals surface area contributed by atoms with E-state index >= 15 is 0 Å². The molecule has 108 valence electrons. The molecule has 0 saturated heterocycles. The highest BCUT2D eigenvalue weighted by atomic mass is 32.1. The van der Waals surface area contributed by atoms with Gasteiger partial charge in [-0.3, -0.25) is 0 Å². The normalized spacial score (nSPS) is 12.2. The summed E-state index contributed by atoms with van der Waals surface area (Å²) < 4.78 is 4.71. The fraction of sp³-hybridized carbons (Fsp3) is 0.462. The molecule has 7 heteroatoms. The second-order valence-electron chi connectivity index (χ2n) is 4.30. The van der Waals surface area contributed by atoms with Gasteiger partial charge in [-0.15, -0.1) is 22.7 Å². The number of thiazole rings is 2. The van der Waals surface area contributed by atoms with Gasteiger partial charge in [0.15, 0.2) is 10.8 Å². The van der Waals surface area contributed by atoms with Gasteiger partial charge in [-0.2, -0.15) is 0 Å². The number of methoxy groups -OCH3 is 1. The minimum atomic E-state index is -0.401. The fourth-order valence-corrected chi connectivity index (χ4v) is 3.43. The predicted octanol–water partition coefficient (Wildman–Crippen LogP) is 3.43. The number of aromatic nitrogens is 2. The Morgan fingerprint density at radius 2 is 2.25 bits per heavy atom. The maximum absolute atomic E-state index is 11.5. The molecule has 0 saturated carbocycles. The molecular formula is C13H17N3O2S2. The summed E-state index contributed by atoms with van der Waals surface area (Å²) >= 11 is 3.14. The average molecular weight is 311 g/mol. The number of anilines is 1. The van der Waals surface area contributed by atoms with Crippen LogP contribution in [0.2, 0.25) is 0 Å². The zero-order valence-electron chi connectivity index (χ0n) is 11.9. The summed E-state index contributed by atoms with van der Waals surface area (Å²) in [6.45, 7) is 6.01. The standard InChI is InChI=1S/C13H17N3O2S2/c1-5-9-6-14-11(20-9)7(2)15-13-16-10(8(3)19-13)12(17)18-4/h6-7H,5H2,1-4H3,(H,15,16).